The zero-order valence-corrected chi connectivity index (χ0v) is 15.6. The third-order valence-corrected chi connectivity index (χ3v) is 4.01. The minimum atomic E-state index is -0.247. The van der Waals surface area contributed by atoms with Crippen LogP contribution in [0.1, 0.15) is 27.4 Å². The van der Waals surface area contributed by atoms with Crippen molar-refractivity contribution in [1.29, 1.82) is 0 Å². The smallest absolute Gasteiger partial charge is 0.270 e. The number of nitrogens with zero attached hydrogens (tertiary/aromatic N) is 2. The van der Waals surface area contributed by atoms with Crippen LogP contribution in [-0.4, -0.2) is 23.0 Å². The van der Waals surface area contributed by atoms with E-state index in [0.29, 0.717) is 23.9 Å². The highest BCUT2D eigenvalue weighted by Crippen LogP contribution is 2.16. The molecule has 3 aromatic rings. The standard InChI is InChI=1S/C21H22N4O2/c1-14-4-8-17(9-5-14)25-20-12-19(23-15(2)24-20)21(26)22-13-16-6-10-18(27-3)11-7-16/h4-12H,13H2,1-3H3,(H,22,26)(H,23,24,25). The van der Waals surface area contributed by atoms with Crippen molar-refractivity contribution in [3.63, 3.8) is 0 Å². The lowest BCUT2D eigenvalue weighted by Gasteiger charge is -2.10. The molecule has 2 N–H and O–H groups in total. The van der Waals surface area contributed by atoms with E-state index in [2.05, 4.69) is 20.6 Å². The average Bonchev–Trinajstić information content (AvgIpc) is 2.68. The number of methoxy groups -OCH3 is 1. The first-order valence-electron chi connectivity index (χ1n) is 8.64. The molecule has 138 valence electrons. The van der Waals surface area contributed by atoms with Gasteiger partial charge in [-0.2, -0.15) is 0 Å². The van der Waals surface area contributed by atoms with Crippen LogP contribution in [0.3, 0.4) is 0 Å². The van der Waals surface area contributed by atoms with E-state index in [9.17, 15) is 4.79 Å². The molecule has 27 heavy (non-hydrogen) atoms. The van der Waals surface area contributed by atoms with Gasteiger partial charge in [-0.25, -0.2) is 9.97 Å². The van der Waals surface area contributed by atoms with Crippen LogP contribution in [0.25, 0.3) is 0 Å². The molecule has 0 aliphatic carbocycles. The predicted molar refractivity (Wildman–Crippen MR) is 105 cm³/mol. The molecule has 0 atom stereocenters. The molecule has 1 aromatic heterocycles. The van der Waals surface area contributed by atoms with Crippen molar-refractivity contribution in [2.24, 2.45) is 0 Å². The Morgan fingerprint density at radius 2 is 1.70 bits per heavy atom. The summed E-state index contributed by atoms with van der Waals surface area (Å²) in [7, 11) is 1.62. The van der Waals surface area contributed by atoms with E-state index in [-0.39, 0.29) is 5.91 Å². The molecule has 6 nitrogen and oxygen atoms in total. The van der Waals surface area contributed by atoms with Crippen LogP contribution in [0.2, 0.25) is 0 Å². The van der Waals surface area contributed by atoms with Crippen molar-refractivity contribution >= 4 is 17.4 Å². The zero-order valence-electron chi connectivity index (χ0n) is 15.6. The van der Waals surface area contributed by atoms with Crippen LogP contribution in [0, 0.1) is 13.8 Å². The number of carbonyl (C=O) groups excluding carboxylic acids is 1. The second-order valence-electron chi connectivity index (χ2n) is 6.21. The summed E-state index contributed by atoms with van der Waals surface area (Å²) in [5, 5.41) is 6.09. The number of benzene rings is 2. The van der Waals surface area contributed by atoms with Gasteiger partial charge < -0.3 is 15.4 Å². The molecule has 6 heteroatoms. The Bertz CT molecular complexity index is 922. The number of nitrogens with one attached hydrogen (secondary N) is 2. The van der Waals surface area contributed by atoms with Gasteiger partial charge in [0, 0.05) is 18.3 Å². The van der Waals surface area contributed by atoms with Gasteiger partial charge in [-0.3, -0.25) is 4.79 Å². The second-order valence-corrected chi connectivity index (χ2v) is 6.21. The van der Waals surface area contributed by atoms with E-state index >= 15 is 0 Å². The first-order chi connectivity index (χ1) is 13.0. The summed E-state index contributed by atoms with van der Waals surface area (Å²) in [4.78, 5) is 21.1. The zero-order chi connectivity index (χ0) is 19.2. The lowest BCUT2D eigenvalue weighted by Crippen LogP contribution is -2.24. The number of rotatable bonds is 6. The summed E-state index contributed by atoms with van der Waals surface area (Å²) >= 11 is 0. The fourth-order valence-electron chi connectivity index (χ4n) is 2.55. The Labute approximate surface area is 158 Å². The van der Waals surface area contributed by atoms with Crippen molar-refractivity contribution in [3.8, 4) is 5.75 Å². The largest absolute Gasteiger partial charge is 0.497 e. The number of amides is 1. The maximum Gasteiger partial charge on any atom is 0.270 e. The Morgan fingerprint density at radius 3 is 2.37 bits per heavy atom. The molecule has 1 amide bonds. The van der Waals surface area contributed by atoms with Crippen LogP contribution in [0.4, 0.5) is 11.5 Å². The maximum atomic E-state index is 12.5. The molecule has 0 aliphatic rings. The summed E-state index contributed by atoms with van der Waals surface area (Å²) in [5.41, 5.74) is 3.39. The van der Waals surface area contributed by atoms with E-state index in [1.807, 2.05) is 55.5 Å². The first kappa shape index (κ1) is 18.4. The minimum absolute atomic E-state index is 0.247. The summed E-state index contributed by atoms with van der Waals surface area (Å²) in [5.74, 6) is 1.65. The quantitative estimate of drug-likeness (QED) is 0.698. The highest BCUT2D eigenvalue weighted by atomic mass is 16.5. The van der Waals surface area contributed by atoms with E-state index in [1.54, 1.807) is 20.1 Å². The van der Waals surface area contributed by atoms with Crippen molar-refractivity contribution in [3.05, 3.63) is 77.2 Å². The molecule has 0 spiro atoms. The van der Waals surface area contributed by atoms with Crippen molar-refractivity contribution < 1.29 is 9.53 Å². The molecular formula is C21H22N4O2. The number of aromatic nitrogens is 2. The van der Waals surface area contributed by atoms with Gasteiger partial charge in [0.25, 0.3) is 5.91 Å². The molecule has 1 heterocycles. The van der Waals surface area contributed by atoms with Crippen LogP contribution in [0.5, 0.6) is 5.75 Å². The molecule has 0 unspecified atom stereocenters. The van der Waals surface area contributed by atoms with Gasteiger partial charge >= 0.3 is 0 Å². The molecule has 0 saturated carbocycles. The fourth-order valence-corrected chi connectivity index (χ4v) is 2.55. The Balaban J connectivity index is 1.68. The van der Waals surface area contributed by atoms with E-state index in [0.717, 1.165) is 17.0 Å². The van der Waals surface area contributed by atoms with Crippen molar-refractivity contribution in [2.45, 2.75) is 20.4 Å². The van der Waals surface area contributed by atoms with E-state index in [4.69, 9.17) is 4.74 Å². The second kappa shape index (κ2) is 8.31. The van der Waals surface area contributed by atoms with Crippen LogP contribution >= 0.6 is 0 Å². The predicted octanol–water partition coefficient (Wildman–Crippen LogP) is 3.78. The Kier molecular flexibility index (Phi) is 5.66. The van der Waals surface area contributed by atoms with E-state index in [1.165, 1.54) is 5.56 Å². The van der Waals surface area contributed by atoms with Gasteiger partial charge in [0.15, 0.2) is 0 Å². The number of ether oxygens (including phenoxy) is 1. The van der Waals surface area contributed by atoms with Crippen molar-refractivity contribution in [1.82, 2.24) is 15.3 Å². The molecular weight excluding hydrogens is 340 g/mol. The Hall–Kier alpha value is -3.41. The third kappa shape index (κ3) is 5.04. The summed E-state index contributed by atoms with van der Waals surface area (Å²) < 4.78 is 5.13. The molecule has 0 bridgehead atoms. The topological polar surface area (TPSA) is 76.1 Å². The van der Waals surface area contributed by atoms with Gasteiger partial charge in [-0.15, -0.1) is 0 Å². The van der Waals surface area contributed by atoms with Crippen LogP contribution in [0.15, 0.2) is 54.6 Å². The van der Waals surface area contributed by atoms with Crippen LogP contribution < -0.4 is 15.4 Å². The van der Waals surface area contributed by atoms with Crippen LogP contribution in [-0.2, 0) is 6.54 Å². The molecule has 0 saturated heterocycles. The molecule has 0 radical (unpaired) electrons. The lowest BCUT2D eigenvalue weighted by molar-refractivity contribution is 0.0945. The highest BCUT2D eigenvalue weighted by Gasteiger charge is 2.11. The number of anilines is 2. The molecule has 0 fully saturated rings. The summed E-state index contributed by atoms with van der Waals surface area (Å²) in [6.45, 7) is 4.21. The fraction of sp³-hybridized carbons (Fsp3) is 0.190. The van der Waals surface area contributed by atoms with Gasteiger partial charge in [0.2, 0.25) is 0 Å². The minimum Gasteiger partial charge on any atom is -0.497 e. The summed E-state index contributed by atoms with van der Waals surface area (Å²) in [6.07, 6.45) is 0. The van der Waals surface area contributed by atoms with Gasteiger partial charge in [-0.05, 0) is 43.7 Å². The molecule has 2 aromatic carbocycles. The highest BCUT2D eigenvalue weighted by molar-refractivity contribution is 5.93. The molecule has 0 aliphatic heterocycles. The van der Waals surface area contributed by atoms with Gasteiger partial charge in [0.05, 0.1) is 7.11 Å². The normalized spacial score (nSPS) is 10.3. The number of hydrogen-bond acceptors (Lipinski definition) is 5. The first-order valence-corrected chi connectivity index (χ1v) is 8.64. The maximum absolute atomic E-state index is 12.5. The van der Waals surface area contributed by atoms with E-state index < -0.39 is 0 Å². The lowest BCUT2D eigenvalue weighted by atomic mass is 10.2. The third-order valence-electron chi connectivity index (χ3n) is 4.01. The van der Waals surface area contributed by atoms with Gasteiger partial charge in [-0.1, -0.05) is 29.8 Å². The van der Waals surface area contributed by atoms with Gasteiger partial charge in [0.1, 0.15) is 23.1 Å². The van der Waals surface area contributed by atoms with Crippen molar-refractivity contribution in [2.75, 3.05) is 12.4 Å². The number of carbonyl (C=O) groups is 1. The summed E-state index contributed by atoms with van der Waals surface area (Å²) in [6, 6.07) is 17.2. The Morgan fingerprint density at radius 1 is 1.00 bits per heavy atom. The SMILES string of the molecule is COc1ccc(CNC(=O)c2cc(Nc3ccc(C)cc3)nc(C)n2)cc1. The number of aryl methyl sites for hydroxylation is 2. The monoisotopic (exact) mass is 362 g/mol. The average molecular weight is 362 g/mol. The molecule has 3 rings (SSSR count). The number of hydrogen-bond donors (Lipinski definition) is 2.